The highest BCUT2D eigenvalue weighted by atomic mass is 16.5. The quantitative estimate of drug-likeness (QED) is 0.560. The van der Waals surface area contributed by atoms with Crippen LogP contribution in [-0.4, -0.2) is 36.1 Å². The van der Waals surface area contributed by atoms with Crippen LogP contribution >= 0.6 is 0 Å². The van der Waals surface area contributed by atoms with Gasteiger partial charge in [0.1, 0.15) is 5.54 Å². The summed E-state index contributed by atoms with van der Waals surface area (Å²) in [7, 11) is 1.51. The van der Waals surface area contributed by atoms with Gasteiger partial charge in [-0.1, -0.05) is 0 Å². The van der Waals surface area contributed by atoms with Gasteiger partial charge in [0.15, 0.2) is 0 Å². The zero-order valence-electron chi connectivity index (χ0n) is 7.95. The molecule has 0 spiro atoms. The lowest BCUT2D eigenvalue weighted by Gasteiger charge is -2.31. The van der Waals surface area contributed by atoms with Crippen LogP contribution in [0.5, 0.6) is 0 Å². The monoisotopic (exact) mass is 181 g/mol. The lowest BCUT2D eigenvalue weighted by Crippen LogP contribution is -2.48. The Labute approximate surface area is 78.0 Å². The van der Waals surface area contributed by atoms with E-state index in [0.717, 1.165) is 31.3 Å². The molecule has 2 saturated heterocycles. The fraction of sp³-hybridized carbons (Fsp3) is 0.900. The minimum atomic E-state index is -0.192. The van der Waals surface area contributed by atoms with Crippen molar-refractivity contribution >= 4 is 5.97 Å². The molecule has 3 rings (SSSR count). The van der Waals surface area contributed by atoms with E-state index >= 15 is 0 Å². The molecule has 0 radical (unpaired) electrons. The van der Waals surface area contributed by atoms with Crippen LogP contribution in [0.15, 0.2) is 0 Å². The number of nitrogens with zero attached hydrogens (tertiary/aromatic N) is 1. The van der Waals surface area contributed by atoms with E-state index in [1.807, 2.05) is 0 Å². The number of methoxy groups -OCH3 is 1. The van der Waals surface area contributed by atoms with Gasteiger partial charge in [0.2, 0.25) is 0 Å². The van der Waals surface area contributed by atoms with Gasteiger partial charge in [0.05, 0.1) is 7.11 Å². The van der Waals surface area contributed by atoms with Crippen LogP contribution in [0.4, 0.5) is 0 Å². The predicted molar refractivity (Wildman–Crippen MR) is 47.2 cm³/mol. The normalized spacial score (nSPS) is 47.2. The SMILES string of the molecule is COC(=O)[C@@]12CCCN1[C@H]1C[C@H]1C2. The van der Waals surface area contributed by atoms with E-state index < -0.39 is 0 Å². The van der Waals surface area contributed by atoms with Crippen LogP contribution in [0, 0.1) is 5.92 Å². The Balaban J connectivity index is 1.92. The van der Waals surface area contributed by atoms with Crippen molar-refractivity contribution in [1.29, 1.82) is 0 Å². The lowest BCUT2D eigenvalue weighted by molar-refractivity contribution is -0.152. The van der Waals surface area contributed by atoms with E-state index in [2.05, 4.69) is 4.90 Å². The molecule has 0 bridgehead atoms. The summed E-state index contributed by atoms with van der Waals surface area (Å²) in [5, 5.41) is 0. The van der Waals surface area contributed by atoms with Gasteiger partial charge < -0.3 is 4.74 Å². The highest BCUT2D eigenvalue weighted by Crippen LogP contribution is 2.57. The number of esters is 1. The van der Waals surface area contributed by atoms with Crippen LogP contribution in [0.3, 0.4) is 0 Å². The van der Waals surface area contributed by atoms with Crippen molar-refractivity contribution in [2.75, 3.05) is 13.7 Å². The van der Waals surface area contributed by atoms with Crippen molar-refractivity contribution in [3.05, 3.63) is 0 Å². The van der Waals surface area contributed by atoms with Crippen LogP contribution in [0.2, 0.25) is 0 Å². The molecule has 2 aliphatic heterocycles. The molecule has 1 aliphatic carbocycles. The molecule has 3 atom stereocenters. The first-order valence-corrected chi connectivity index (χ1v) is 5.13. The topological polar surface area (TPSA) is 29.5 Å². The summed E-state index contributed by atoms with van der Waals surface area (Å²) in [5.41, 5.74) is -0.192. The third kappa shape index (κ3) is 0.810. The van der Waals surface area contributed by atoms with Crippen molar-refractivity contribution in [2.45, 2.75) is 37.3 Å². The van der Waals surface area contributed by atoms with Gasteiger partial charge >= 0.3 is 5.97 Å². The standard InChI is InChI=1S/C10H15NO2/c1-13-9(12)10-3-2-4-11(10)8-5-7(8)6-10/h7-8H,2-6H2,1H3/t7-,8-,10-/m0/s1. The summed E-state index contributed by atoms with van der Waals surface area (Å²) >= 11 is 0. The number of piperidine rings is 1. The number of carbonyl (C=O) groups is 1. The second-order valence-electron chi connectivity index (χ2n) is 4.59. The molecular formula is C10H15NO2. The molecule has 13 heavy (non-hydrogen) atoms. The molecule has 0 aromatic heterocycles. The number of fused-ring (bicyclic) bond motifs is 3. The van der Waals surface area contributed by atoms with E-state index in [1.54, 1.807) is 0 Å². The van der Waals surface area contributed by atoms with Crippen molar-refractivity contribution in [1.82, 2.24) is 4.90 Å². The summed E-state index contributed by atoms with van der Waals surface area (Å²) in [4.78, 5) is 14.1. The molecule has 2 heterocycles. The van der Waals surface area contributed by atoms with Crippen LogP contribution in [0.1, 0.15) is 25.7 Å². The van der Waals surface area contributed by atoms with Crippen LogP contribution < -0.4 is 0 Å². The van der Waals surface area contributed by atoms with Gasteiger partial charge in [-0.2, -0.15) is 0 Å². The maximum atomic E-state index is 11.7. The van der Waals surface area contributed by atoms with Crippen LogP contribution in [0.25, 0.3) is 0 Å². The number of ether oxygens (including phenoxy) is 1. The van der Waals surface area contributed by atoms with Gasteiger partial charge in [0.25, 0.3) is 0 Å². The Bertz CT molecular complexity index is 266. The molecule has 72 valence electrons. The Hall–Kier alpha value is -0.570. The lowest BCUT2D eigenvalue weighted by atomic mass is 9.92. The largest absolute Gasteiger partial charge is 0.468 e. The van der Waals surface area contributed by atoms with Gasteiger partial charge in [-0.15, -0.1) is 0 Å². The van der Waals surface area contributed by atoms with E-state index in [1.165, 1.54) is 20.0 Å². The first-order chi connectivity index (χ1) is 6.28. The highest BCUT2D eigenvalue weighted by Gasteiger charge is 2.64. The average molecular weight is 181 g/mol. The maximum Gasteiger partial charge on any atom is 0.326 e. The molecule has 3 nitrogen and oxygen atoms in total. The molecular weight excluding hydrogens is 166 g/mol. The van der Waals surface area contributed by atoms with Gasteiger partial charge in [-0.05, 0) is 38.1 Å². The molecule has 0 aromatic rings. The van der Waals surface area contributed by atoms with Gasteiger partial charge in [-0.25, -0.2) is 0 Å². The van der Waals surface area contributed by atoms with Crippen LogP contribution in [-0.2, 0) is 9.53 Å². The van der Waals surface area contributed by atoms with Crippen molar-refractivity contribution in [3.63, 3.8) is 0 Å². The first kappa shape index (κ1) is 7.80. The van der Waals surface area contributed by atoms with E-state index in [0.29, 0.717) is 0 Å². The van der Waals surface area contributed by atoms with Gasteiger partial charge in [0, 0.05) is 6.04 Å². The van der Waals surface area contributed by atoms with E-state index in [9.17, 15) is 4.79 Å². The molecule has 0 amide bonds. The summed E-state index contributed by atoms with van der Waals surface area (Å²) < 4.78 is 4.93. The fourth-order valence-electron chi connectivity index (χ4n) is 3.36. The zero-order chi connectivity index (χ0) is 9.05. The Morgan fingerprint density at radius 3 is 3.23 bits per heavy atom. The molecule has 0 unspecified atom stereocenters. The number of carbonyl (C=O) groups excluding carboxylic acids is 1. The number of hydrogen-bond acceptors (Lipinski definition) is 3. The summed E-state index contributed by atoms with van der Waals surface area (Å²) in [6.07, 6.45) is 4.56. The second kappa shape index (κ2) is 2.27. The molecule has 3 fully saturated rings. The number of hydrogen-bond donors (Lipinski definition) is 0. The summed E-state index contributed by atoms with van der Waals surface area (Å²) in [5.74, 6) is 0.816. The van der Waals surface area contributed by atoms with Crippen molar-refractivity contribution in [2.24, 2.45) is 5.92 Å². The minimum absolute atomic E-state index is 0.0113. The Morgan fingerprint density at radius 2 is 2.46 bits per heavy atom. The van der Waals surface area contributed by atoms with E-state index in [4.69, 9.17) is 4.74 Å². The molecule has 0 N–H and O–H groups in total. The number of rotatable bonds is 1. The summed E-state index contributed by atoms with van der Waals surface area (Å²) in [6, 6.07) is 0.724. The highest BCUT2D eigenvalue weighted by molar-refractivity contribution is 5.82. The van der Waals surface area contributed by atoms with Gasteiger partial charge in [-0.3, -0.25) is 9.69 Å². The second-order valence-corrected chi connectivity index (χ2v) is 4.59. The molecule has 1 saturated carbocycles. The molecule has 3 aliphatic rings. The maximum absolute atomic E-state index is 11.7. The average Bonchev–Trinajstić information content (AvgIpc) is 2.62. The minimum Gasteiger partial charge on any atom is -0.468 e. The van der Waals surface area contributed by atoms with Crippen molar-refractivity contribution in [3.8, 4) is 0 Å². The fourth-order valence-corrected chi connectivity index (χ4v) is 3.36. The zero-order valence-corrected chi connectivity index (χ0v) is 7.95. The van der Waals surface area contributed by atoms with Crippen molar-refractivity contribution < 1.29 is 9.53 Å². The smallest absolute Gasteiger partial charge is 0.326 e. The van der Waals surface area contributed by atoms with E-state index in [-0.39, 0.29) is 11.5 Å². The third-order valence-electron chi connectivity index (χ3n) is 3.99. The molecule has 3 heteroatoms. The summed E-state index contributed by atoms with van der Waals surface area (Å²) in [6.45, 7) is 1.11. The predicted octanol–water partition coefficient (Wildman–Crippen LogP) is 0.786. The Kier molecular flexibility index (Phi) is 1.36. The molecule has 0 aromatic carbocycles. The Morgan fingerprint density at radius 1 is 1.62 bits per heavy atom. The first-order valence-electron chi connectivity index (χ1n) is 5.13. The third-order valence-corrected chi connectivity index (χ3v) is 3.99.